The number of halogens is 1. The zero-order valence-corrected chi connectivity index (χ0v) is 10.7. The van der Waals surface area contributed by atoms with Crippen LogP contribution in [-0.2, 0) is 5.88 Å². The molecule has 18 heavy (non-hydrogen) atoms. The number of rotatable bonds is 3. The molecule has 0 saturated carbocycles. The normalized spacial score (nSPS) is 10.1. The van der Waals surface area contributed by atoms with Crippen LogP contribution in [0.4, 0.5) is 5.69 Å². The molecular formula is C14H13ClN2O. The van der Waals surface area contributed by atoms with Gasteiger partial charge in [0.15, 0.2) is 0 Å². The summed E-state index contributed by atoms with van der Waals surface area (Å²) in [5, 5.41) is 2.83. The predicted octanol–water partition coefficient (Wildman–Crippen LogP) is 3.38. The van der Waals surface area contributed by atoms with Crippen molar-refractivity contribution in [2.24, 2.45) is 0 Å². The van der Waals surface area contributed by atoms with Crippen LogP contribution in [0.5, 0.6) is 0 Å². The number of hydrogen-bond acceptors (Lipinski definition) is 2. The van der Waals surface area contributed by atoms with E-state index in [0.717, 1.165) is 16.9 Å². The Hall–Kier alpha value is -1.87. The zero-order valence-electron chi connectivity index (χ0n) is 9.98. The van der Waals surface area contributed by atoms with E-state index in [1.54, 1.807) is 24.4 Å². The molecule has 92 valence electrons. The molecule has 0 radical (unpaired) electrons. The number of alkyl halides is 1. The van der Waals surface area contributed by atoms with Gasteiger partial charge in [-0.05, 0) is 36.8 Å². The highest BCUT2D eigenvalue weighted by Crippen LogP contribution is 2.12. The number of nitrogens with one attached hydrogen (secondary N) is 1. The Labute approximate surface area is 111 Å². The number of anilines is 1. The first-order valence-electron chi connectivity index (χ1n) is 5.58. The Balaban J connectivity index is 2.16. The van der Waals surface area contributed by atoms with Crippen LogP contribution >= 0.6 is 11.6 Å². The molecule has 0 unspecified atom stereocenters. The predicted molar refractivity (Wildman–Crippen MR) is 72.9 cm³/mol. The summed E-state index contributed by atoms with van der Waals surface area (Å²) in [4.78, 5) is 16.1. The number of hydrogen-bond donors (Lipinski definition) is 1. The van der Waals surface area contributed by atoms with Crippen molar-refractivity contribution < 1.29 is 4.79 Å². The van der Waals surface area contributed by atoms with E-state index in [1.165, 1.54) is 0 Å². The van der Waals surface area contributed by atoms with Crippen molar-refractivity contribution in [1.29, 1.82) is 0 Å². The van der Waals surface area contributed by atoms with Crippen LogP contribution < -0.4 is 5.32 Å². The number of nitrogens with zero attached hydrogens (tertiary/aromatic N) is 1. The number of pyridine rings is 1. The van der Waals surface area contributed by atoms with E-state index in [9.17, 15) is 4.79 Å². The number of amides is 1. The van der Waals surface area contributed by atoms with E-state index < -0.39 is 0 Å². The lowest BCUT2D eigenvalue weighted by Gasteiger charge is -2.06. The number of aryl methyl sites for hydroxylation is 1. The van der Waals surface area contributed by atoms with E-state index >= 15 is 0 Å². The lowest BCUT2D eigenvalue weighted by molar-refractivity contribution is 0.102. The molecule has 0 fully saturated rings. The molecule has 0 aliphatic heterocycles. The van der Waals surface area contributed by atoms with Gasteiger partial charge in [-0.15, -0.1) is 11.6 Å². The van der Waals surface area contributed by atoms with Gasteiger partial charge in [0.25, 0.3) is 5.91 Å². The monoisotopic (exact) mass is 260 g/mol. The second-order valence-electron chi connectivity index (χ2n) is 3.97. The van der Waals surface area contributed by atoms with Gasteiger partial charge in [0.1, 0.15) is 0 Å². The molecule has 1 heterocycles. The molecule has 0 aliphatic carbocycles. The fourth-order valence-electron chi connectivity index (χ4n) is 1.62. The molecular weight excluding hydrogens is 248 g/mol. The topological polar surface area (TPSA) is 42.0 Å². The minimum atomic E-state index is -0.146. The molecule has 1 aromatic carbocycles. The summed E-state index contributed by atoms with van der Waals surface area (Å²) in [7, 11) is 0. The molecule has 1 aromatic heterocycles. The van der Waals surface area contributed by atoms with E-state index in [-0.39, 0.29) is 5.91 Å². The first kappa shape index (κ1) is 12.6. The van der Waals surface area contributed by atoms with Gasteiger partial charge in [-0.2, -0.15) is 0 Å². The Morgan fingerprint density at radius 2 is 2.17 bits per heavy atom. The lowest BCUT2D eigenvalue weighted by Crippen LogP contribution is -2.12. The lowest BCUT2D eigenvalue weighted by atomic mass is 10.1. The average molecular weight is 261 g/mol. The van der Waals surface area contributed by atoms with Crippen molar-refractivity contribution >= 4 is 23.2 Å². The van der Waals surface area contributed by atoms with Crippen molar-refractivity contribution in [1.82, 2.24) is 4.98 Å². The third kappa shape index (κ3) is 3.08. The van der Waals surface area contributed by atoms with Gasteiger partial charge in [0, 0.05) is 29.0 Å². The van der Waals surface area contributed by atoms with Crippen LogP contribution in [0, 0.1) is 6.92 Å². The zero-order chi connectivity index (χ0) is 13.0. The fraction of sp³-hybridized carbons (Fsp3) is 0.143. The van der Waals surface area contributed by atoms with Crippen molar-refractivity contribution in [3.8, 4) is 0 Å². The quantitative estimate of drug-likeness (QED) is 0.860. The molecule has 0 atom stereocenters. The minimum Gasteiger partial charge on any atom is -0.322 e. The van der Waals surface area contributed by atoms with E-state index in [1.807, 2.05) is 25.1 Å². The van der Waals surface area contributed by atoms with E-state index in [4.69, 9.17) is 11.6 Å². The van der Waals surface area contributed by atoms with E-state index in [0.29, 0.717) is 11.4 Å². The highest BCUT2D eigenvalue weighted by Gasteiger charge is 2.06. The Kier molecular flexibility index (Phi) is 3.95. The standard InChI is InChI=1S/C14H13ClN2O/c1-10-7-13(5-6-16-10)17-14(18)12-4-2-3-11(8-12)9-15/h2-8H,9H2,1H3,(H,16,17,18). The number of carbonyl (C=O) groups is 1. The molecule has 1 amide bonds. The smallest absolute Gasteiger partial charge is 0.255 e. The number of benzene rings is 1. The third-order valence-corrected chi connectivity index (χ3v) is 2.81. The van der Waals surface area contributed by atoms with Crippen molar-refractivity contribution in [2.75, 3.05) is 5.32 Å². The van der Waals surface area contributed by atoms with Gasteiger partial charge in [-0.3, -0.25) is 9.78 Å². The summed E-state index contributed by atoms with van der Waals surface area (Å²) in [5.41, 5.74) is 3.13. The van der Waals surface area contributed by atoms with Gasteiger partial charge in [-0.25, -0.2) is 0 Å². The van der Waals surface area contributed by atoms with Crippen LogP contribution in [0.3, 0.4) is 0 Å². The first-order chi connectivity index (χ1) is 8.69. The number of carbonyl (C=O) groups excluding carboxylic acids is 1. The van der Waals surface area contributed by atoms with Crippen LogP contribution in [0.25, 0.3) is 0 Å². The van der Waals surface area contributed by atoms with Gasteiger partial charge in [0.05, 0.1) is 0 Å². The van der Waals surface area contributed by atoms with Crippen molar-refractivity contribution in [2.45, 2.75) is 12.8 Å². The fourth-order valence-corrected chi connectivity index (χ4v) is 1.79. The Morgan fingerprint density at radius 1 is 1.33 bits per heavy atom. The molecule has 0 aliphatic rings. The van der Waals surface area contributed by atoms with Crippen LogP contribution in [0.1, 0.15) is 21.6 Å². The second kappa shape index (κ2) is 5.65. The Morgan fingerprint density at radius 3 is 2.89 bits per heavy atom. The van der Waals surface area contributed by atoms with Gasteiger partial charge >= 0.3 is 0 Å². The summed E-state index contributed by atoms with van der Waals surface area (Å²) < 4.78 is 0. The summed E-state index contributed by atoms with van der Waals surface area (Å²) in [6.07, 6.45) is 1.67. The van der Waals surface area contributed by atoms with Crippen LogP contribution in [0.2, 0.25) is 0 Å². The molecule has 2 rings (SSSR count). The Bertz CT molecular complexity index is 569. The molecule has 0 spiro atoms. The van der Waals surface area contributed by atoms with Crippen molar-refractivity contribution in [3.05, 3.63) is 59.4 Å². The maximum atomic E-state index is 12.0. The summed E-state index contributed by atoms with van der Waals surface area (Å²) in [6, 6.07) is 10.8. The molecule has 2 aromatic rings. The largest absolute Gasteiger partial charge is 0.322 e. The molecule has 4 heteroatoms. The van der Waals surface area contributed by atoms with Crippen molar-refractivity contribution in [3.63, 3.8) is 0 Å². The summed E-state index contributed by atoms with van der Waals surface area (Å²) in [6.45, 7) is 1.88. The highest BCUT2D eigenvalue weighted by atomic mass is 35.5. The minimum absolute atomic E-state index is 0.146. The molecule has 1 N–H and O–H groups in total. The first-order valence-corrected chi connectivity index (χ1v) is 6.11. The number of aromatic nitrogens is 1. The van der Waals surface area contributed by atoms with Crippen LogP contribution in [-0.4, -0.2) is 10.9 Å². The SMILES string of the molecule is Cc1cc(NC(=O)c2cccc(CCl)c2)ccn1. The summed E-state index contributed by atoms with van der Waals surface area (Å²) >= 11 is 5.74. The maximum absolute atomic E-state index is 12.0. The van der Waals surface area contributed by atoms with E-state index in [2.05, 4.69) is 10.3 Å². The molecule has 0 saturated heterocycles. The molecule has 3 nitrogen and oxygen atoms in total. The average Bonchev–Trinajstić information content (AvgIpc) is 2.39. The third-order valence-electron chi connectivity index (χ3n) is 2.50. The van der Waals surface area contributed by atoms with Gasteiger partial charge in [0.2, 0.25) is 0 Å². The van der Waals surface area contributed by atoms with Gasteiger partial charge in [-0.1, -0.05) is 12.1 Å². The highest BCUT2D eigenvalue weighted by molar-refractivity contribution is 6.17. The maximum Gasteiger partial charge on any atom is 0.255 e. The molecule has 0 bridgehead atoms. The second-order valence-corrected chi connectivity index (χ2v) is 4.24. The summed E-state index contributed by atoms with van der Waals surface area (Å²) in [5.74, 6) is 0.253. The van der Waals surface area contributed by atoms with Gasteiger partial charge < -0.3 is 5.32 Å². The van der Waals surface area contributed by atoms with Crippen LogP contribution in [0.15, 0.2) is 42.6 Å².